The number of carbonyl (C=O) groups is 1. The minimum absolute atomic E-state index is 0.220. The summed E-state index contributed by atoms with van der Waals surface area (Å²) in [5.74, 6) is 0.285. The number of Topliss-reactive ketones (excluding diaryl/α,β-unsaturated/α-hetero) is 1. The van der Waals surface area contributed by atoms with Crippen LogP contribution in [0.2, 0.25) is 0 Å². The Morgan fingerprint density at radius 3 is 2.53 bits per heavy atom. The third-order valence-electron chi connectivity index (χ3n) is 2.20. The highest BCUT2D eigenvalue weighted by molar-refractivity contribution is 6.03. The van der Waals surface area contributed by atoms with E-state index < -0.39 is 5.41 Å². The minimum atomic E-state index is -1.02. The fourth-order valence-electron chi connectivity index (χ4n) is 1.22. The van der Waals surface area contributed by atoms with E-state index in [-0.39, 0.29) is 5.78 Å². The predicted molar refractivity (Wildman–Crippen MR) is 56.7 cm³/mol. The van der Waals surface area contributed by atoms with Crippen LogP contribution in [-0.2, 0) is 0 Å². The van der Waals surface area contributed by atoms with Gasteiger partial charge in [0.1, 0.15) is 11.2 Å². The number of hydrogen-bond donors (Lipinski definition) is 0. The van der Waals surface area contributed by atoms with Gasteiger partial charge in [0.15, 0.2) is 5.78 Å². The first-order chi connectivity index (χ1) is 7.03. The summed E-state index contributed by atoms with van der Waals surface area (Å²) in [6.07, 6.45) is 0. The van der Waals surface area contributed by atoms with E-state index in [4.69, 9.17) is 10.00 Å². The molecule has 0 N–H and O–H groups in total. The molecule has 0 bridgehead atoms. The van der Waals surface area contributed by atoms with Crippen LogP contribution in [0.3, 0.4) is 0 Å². The van der Waals surface area contributed by atoms with Gasteiger partial charge in [-0.3, -0.25) is 4.79 Å². The Kier molecular flexibility index (Phi) is 3.11. The van der Waals surface area contributed by atoms with Crippen molar-refractivity contribution < 1.29 is 9.53 Å². The van der Waals surface area contributed by atoms with Crippen LogP contribution in [0.4, 0.5) is 0 Å². The topological polar surface area (TPSA) is 50.1 Å². The Bertz CT molecular complexity index is 416. The van der Waals surface area contributed by atoms with Gasteiger partial charge in [-0.1, -0.05) is 12.1 Å². The van der Waals surface area contributed by atoms with Gasteiger partial charge in [0.25, 0.3) is 0 Å². The lowest BCUT2D eigenvalue weighted by Gasteiger charge is -2.15. The summed E-state index contributed by atoms with van der Waals surface area (Å²) in [5.41, 5.74) is -0.569. The number of nitriles is 1. The number of hydrogen-bond acceptors (Lipinski definition) is 3. The quantitative estimate of drug-likeness (QED) is 0.709. The van der Waals surface area contributed by atoms with Crippen molar-refractivity contribution in [1.82, 2.24) is 0 Å². The first-order valence-electron chi connectivity index (χ1n) is 4.62. The maximum Gasteiger partial charge on any atom is 0.186 e. The second kappa shape index (κ2) is 4.14. The average molecular weight is 203 g/mol. The van der Waals surface area contributed by atoms with E-state index >= 15 is 0 Å². The van der Waals surface area contributed by atoms with Crippen LogP contribution in [0.1, 0.15) is 24.2 Å². The number of carbonyl (C=O) groups excluding carboxylic acids is 1. The van der Waals surface area contributed by atoms with E-state index in [1.165, 1.54) is 7.11 Å². The molecule has 0 spiro atoms. The molecular weight excluding hydrogens is 190 g/mol. The van der Waals surface area contributed by atoms with Gasteiger partial charge in [0.2, 0.25) is 0 Å². The first kappa shape index (κ1) is 11.3. The number of methoxy groups -OCH3 is 1. The van der Waals surface area contributed by atoms with Crippen molar-refractivity contribution >= 4 is 5.78 Å². The van der Waals surface area contributed by atoms with E-state index in [1.807, 2.05) is 6.07 Å². The van der Waals surface area contributed by atoms with Gasteiger partial charge in [-0.25, -0.2) is 0 Å². The maximum absolute atomic E-state index is 12.0. The molecular formula is C12H13NO2. The number of ether oxygens (including phenoxy) is 1. The van der Waals surface area contributed by atoms with Gasteiger partial charge in [0, 0.05) is 0 Å². The SMILES string of the molecule is COc1ccccc1C(=O)C(C)(C)C#N. The predicted octanol–water partition coefficient (Wildman–Crippen LogP) is 2.43. The average Bonchev–Trinajstić information content (AvgIpc) is 2.28. The first-order valence-corrected chi connectivity index (χ1v) is 4.62. The maximum atomic E-state index is 12.0. The smallest absolute Gasteiger partial charge is 0.186 e. The molecule has 0 amide bonds. The molecule has 0 heterocycles. The molecule has 0 radical (unpaired) electrons. The van der Waals surface area contributed by atoms with Crippen LogP contribution in [0.25, 0.3) is 0 Å². The zero-order valence-electron chi connectivity index (χ0n) is 9.07. The fourth-order valence-corrected chi connectivity index (χ4v) is 1.22. The second-order valence-corrected chi connectivity index (χ2v) is 3.77. The van der Waals surface area contributed by atoms with Crippen LogP contribution in [-0.4, -0.2) is 12.9 Å². The molecule has 0 saturated heterocycles. The Hall–Kier alpha value is -1.82. The number of benzene rings is 1. The third-order valence-corrected chi connectivity index (χ3v) is 2.20. The largest absolute Gasteiger partial charge is 0.496 e. The molecule has 0 aliphatic heterocycles. The summed E-state index contributed by atoms with van der Waals surface area (Å²) in [5, 5.41) is 8.88. The molecule has 0 aliphatic rings. The highest BCUT2D eigenvalue weighted by Gasteiger charge is 2.30. The molecule has 1 aromatic rings. The van der Waals surface area contributed by atoms with Gasteiger partial charge in [0.05, 0.1) is 18.7 Å². The lowest BCUT2D eigenvalue weighted by atomic mass is 9.85. The lowest BCUT2D eigenvalue weighted by molar-refractivity contribution is 0.0888. The van der Waals surface area contributed by atoms with Crippen molar-refractivity contribution in [3.63, 3.8) is 0 Å². The Labute approximate surface area is 89.3 Å². The summed E-state index contributed by atoms with van der Waals surface area (Å²) >= 11 is 0. The van der Waals surface area contributed by atoms with Gasteiger partial charge >= 0.3 is 0 Å². The van der Waals surface area contributed by atoms with Gasteiger partial charge in [-0.15, -0.1) is 0 Å². The van der Waals surface area contributed by atoms with Gasteiger partial charge in [-0.2, -0.15) is 5.26 Å². The molecule has 15 heavy (non-hydrogen) atoms. The molecule has 0 aromatic heterocycles. The molecule has 0 fully saturated rings. The Balaban J connectivity index is 3.18. The minimum Gasteiger partial charge on any atom is -0.496 e. The van der Waals surface area contributed by atoms with Gasteiger partial charge < -0.3 is 4.74 Å². The monoisotopic (exact) mass is 203 g/mol. The zero-order valence-corrected chi connectivity index (χ0v) is 9.07. The summed E-state index contributed by atoms with van der Waals surface area (Å²) in [6, 6.07) is 8.90. The normalized spacial score (nSPS) is 10.5. The summed E-state index contributed by atoms with van der Waals surface area (Å²) in [7, 11) is 1.51. The summed E-state index contributed by atoms with van der Waals surface area (Å²) in [6.45, 7) is 3.20. The van der Waals surface area contributed by atoms with E-state index in [1.54, 1.807) is 38.1 Å². The molecule has 1 aromatic carbocycles. The lowest BCUT2D eigenvalue weighted by Crippen LogP contribution is -2.22. The summed E-state index contributed by atoms with van der Waals surface area (Å²) in [4.78, 5) is 12.0. The zero-order chi connectivity index (χ0) is 11.5. The van der Waals surface area contributed by atoms with E-state index in [2.05, 4.69) is 0 Å². The van der Waals surface area contributed by atoms with Crippen molar-refractivity contribution in [3.8, 4) is 11.8 Å². The van der Waals surface area contributed by atoms with Crippen LogP contribution in [0, 0.1) is 16.7 Å². The molecule has 0 aliphatic carbocycles. The van der Waals surface area contributed by atoms with Crippen LogP contribution < -0.4 is 4.74 Å². The number of nitrogens with zero attached hydrogens (tertiary/aromatic N) is 1. The van der Waals surface area contributed by atoms with Crippen molar-refractivity contribution in [2.24, 2.45) is 5.41 Å². The molecule has 0 saturated carbocycles. The number of para-hydroxylation sites is 1. The highest BCUT2D eigenvalue weighted by Crippen LogP contribution is 2.26. The van der Waals surface area contributed by atoms with Crippen LogP contribution in [0.5, 0.6) is 5.75 Å². The highest BCUT2D eigenvalue weighted by atomic mass is 16.5. The molecule has 3 nitrogen and oxygen atoms in total. The van der Waals surface area contributed by atoms with E-state index in [9.17, 15) is 4.79 Å². The third kappa shape index (κ3) is 2.16. The van der Waals surface area contributed by atoms with Gasteiger partial charge in [-0.05, 0) is 26.0 Å². The number of rotatable bonds is 3. The van der Waals surface area contributed by atoms with Crippen molar-refractivity contribution in [2.75, 3.05) is 7.11 Å². The standard InChI is InChI=1S/C12H13NO2/c1-12(2,8-13)11(14)9-6-4-5-7-10(9)15-3/h4-7H,1-3H3. The molecule has 3 heteroatoms. The Morgan fingerprint density at radius 2 is 2.00 bits per heavy atom. The van der Waals surface area contributed by atoms with Crippen LogP contribution >= 0.6 is 0 Å². The van der Waals surface area contributed by atoms with Crippen molar-refractivity contribution in [2.45, 2.75) is 13.8 Å². The van der Waals surface area contributed by atoms with E-state index in [0.717, 1.165) is 0 Å². The molecule has 78 valence electrons. The molecule has 1 rings (SSSR count). The molecule has 0 atom stereocenters. The fraction of sp³-hybridized carbons (Fsp3) is 0.333. The van der Waals surface area contributed by atoms with E-state index in [0.29, 0.717) is 11.3 Å². The van der Waals surface area contributed by atoms with Crippen molar-refractivity contribution in [1.29, 1.82) is 5.26 Å². The summed E-state index contributed by atoms with van der Waals surface area (Å²) < 4.78 is 5.08. The van der Waals surface area contributed by atoms with Crippen LogP contribution in [0.15, 0.2) is 24.3 Å². The van der Waals surface area contributed by atoms with Crippen molar-refractivity contribution in [3.05, 3.63) is 29.8 Å². The number of ketones is 1. The Morgan fingerprint density at radius 1 is 1.40 bits per heavy atom. The second-order valence-electron chi connectivity index (χ2n) is 3.77. The molecule has 0 unspecified atom stereocenters.